The zero-order valence-corrected chi connectivity index (χ0v) is 14.5. The molecule has 0 aromatic carbocycles. The molecule has 0 amide bonds. The summed E-state index contributed by atoms with van der Waals surface area (Å²) < 4.78 is 50.2. The molecule has 1 aliphatic rings. The van der Waals surface area contributed by atoms with Gasteiger partial charge in [-0.2, -0.15) is 8.62 Å². The minimum Gasteiger partial charge on any atom is -0.381 e. The standard InChI is InChI=1S/C8H19O11P3/c1-6-3-7(8(4-6)16-2)5-17-21(12,13)19-22(14,15)18-20(9,10)11/h6-8H,3-5H2,1-2H3,(H,12,13)(H,14,15)(H2,9,10,11). The molecular formula is C8H19O11P3. The Labute approximate surface area is 127 Å². The van der Waals surface area contributed by atoms with E-state index in [2.05, 4.69) is 13.1 Å². The van der Waals surface area contributed by atoms with Gasteiger partial charge in [0.25, 0.3) is 0 Å². The molecule has 132 valence electrons. The first-order valence-electron chi connectivity index (χ1n) is 6.15. The van der Waals surface area contributed by atoms with Crippen molar-refractivity contribution >= 4 is 23.5 Å². The molecule has 5 atom stereocenters. The van der Waals surface area contributed by atoms with Gasteiger partial charge < -0.3 is 24.3 Å². The zero-order chi connectivity index (χ0) is 17.2. The third-order valence-electron chi connectivity index (χ3n) is 3.04. The highest BCUT2D eigenvalue weighted by molar-refractivity contribution is 7.66. The Morgan fingerprint density at radius 1 is 1.00 bits per heavy atom. The summed E-state index contributed by atoms with van der Waals surface area (Å²) in [7, 11) is -14.4. The van der Waals surface area contributed by atoms with Crippen LogP contribution in [0.3, 0.4) is 0 Å². The summed E-state index contributed by atoms with van der Waals surface area (Å²) in [6.07, 6.45) is 1.21. The third-order valence-corrected chi connectivity index (χ3v) is 6.84. The molecule has 0 aliphatic heterocycles. The Morgan fingerprint density at radius 2 is 1.59 bits per heavy atom. The average molecular weight is 384 g/mol. The van der Waals surface area contributed by atoms with E-state index < -0.39 is 23.5 Å². The molecule has 0 radical (unpaired) electrons. The first-order valence-corrected chi connectivity index (χ1v) is 10.7. The van der Waals surface area contributed by atoms with Gasteiger partial charge in [0.15, 0.2) is 0 Å². The number of methoxy groups -OCH3 is 1. The Hall–Kier alpha value is 0.370. The van der Waals surface area contributed by atoms with E-state index in [-0.39, 0.29) is 18.6 Å². The molecule has 14 heteroatoms. The van der Waals surface area contributed by atoms with Gasteiger partial charge in [-0.1, -0.05) is 6.92 Å². The van der Waals surface area contributed by atoms with Gasteiger partial charge in [0, 0.05) is 13.0 Å². The molecule has 0 heterocycles. The molecule has 1 rings (SSSR count). The number of hydrogen-bond acceptors (Lipinski definition) is 7. The van der Waals surface area contributed by atoms with Crippen molar-refractivity contribution in [3.05, 3.63) is 0 Å². The van der Waals surface area contributed by atoms with Crippen LogP contribution in [0.5, 0.6) is 0 Å². The van der Waals surface area contributed by atoms with Gasteiger partial charge in [-0.05, 0) is 18.8 Å². The molecule has 0 spiro atoms. The molecule has 11 nitrogen and oxygen atoms in total. The van der Waals surface area contributed by atoms with E-state index >= 15 is 0 Å². The first kappa shape index (κ1) is 20.4. The van der Waals surface area contributed by atoms with Crippen LogP contribution in [0.4, 0.5) is 0 Å². The van der Waals surface area contributed by atoms with Crippen LogP contribution in [-0.4, -0.2) is 39.4 Å². The molecule has 0 saturated heterocycles. The second-order valence-electron chi connectivity index (χ2n) is 5.00. The molecule has 1 aliphatic carbocycles. The normalized spacial score (nSPS) is 31.6. The third kappa shape index (κ3) is 7.29. The largest absolute Gasteiger partial charge is 0.490 e. The number of phosphoric ester groups is 1. The van der Waals surface area contributed by atoms with Crippen LogP contribution < -0.4 is 0 Å². The van der Waals surface area contributed by atoms with Gasteiger partial charge in [0.05, 0.1) is 12.7 Å². The molecule has 4 N–H and O–H groups in total. The van der Waals surface area contributed by atoms with Gasteiger partial charge in [-0.25, -0.2) is 13.7 Å². The summed E-state index contributed by atoms with van der Waals surface area (Å²) in [5.41, 5.74) is 0. The molecule has 1 fully saturated rings. The predicted molar refractivity (Wildman–Crippen MR) is 72.5 cm³/mol. The predicted octanol–water partition coefficient (Wildman–Crippen LogP) is 1.39. The van der Waals surface area contributed by atoms with Gasteiger partial charge in [0.1, 0.15) is 0 Å². The summed E-state index contributed by atoms with van der Waals surface area (Å²) in [4.78, 5) is 35.1. The van der Waals surface area contributed by atoms with Gasteiger partial charge in [-0.3, -0.25) is 4.52 Å². The zero-order valence-electron chi connectivity index (χ0n) is 11.8. The van der Waals surface area contributed by atoms with E-state index in [4.69, 9.17) is 19.4 Å². The van der Waals surface area contributed by atoms with E-state index in [1.807, 2.05) is 6.92 Å². The lowest BCUT2D eigenvalue weighted by Crippen LogP contribution is -2.20. The molecule has 0 bridgehead atoms. The van der Waals surface area contributed by atoms with Crippen molar-refractivity contribution in [2.24, 2.45) is 11.8 Å². The van der Waals surface area contributed by atoms with E-state index in [0.717, 1.165) is 6.42 Å². The van der Waals surface area contributed by atoms with Gasteiger partial charge >= 0.3 is 23.5 Å². The maximum Gasteiger partial charge on any atom is 0.490 e. The van der Waals surface area contributed by atoms with E-state index in [1.54, 1.807) is 0 Å². The first-order chi connectivity index (χ1) is 9.84. The number of hydrogen-bond donors (Lipinski definition) is 4. The highest BCUT2D eigenvalue weighted by atomic mass is 31.3. The summed E-state index contributed by atoms with van der Waals surface area (Å²) in [5.74, 6) is 0.101. The fourth-order valence-electron chi connectivity index (χ4n) is 2.31. The molecule has 0 aromatic heterocycles. The minimum atomic E-state index is -5.46. The van der Waals surface area contributed by atoms with Crippen molar-refractivity contribution in [3.8, 4) is 0 Å². The van der Waals surface area contributed by atoms with Crippen molar-refractivity contribution in [2.75, 3.05) is 13.7 Å². The number of ether oxygens (including phenoxy) is 1. The van der Waals surface area contributed by atoms with Crippen LogP contribution in [0.25, 0.3) is 0 Å². The van der Waals surface area contributed by atoms with Crippen molar-refractivity contribution in [1.29, 1.82) is 0 Å². The average Bonchev–Trinajstić information content (AvgIpc) is 2.62. The smallest absolute Gasteiger partial charge is 0.381 e. The summed E-state index contributed by atoms with van der Waals surface area (Å²) in [5, 5.41) is 0. The van der Waals surface area contributed by atoms with Gasteiger partial charge in [-0.15, -0.1) is 0 Å². The lowest BCUT2D eigenvalue weighted by Gasteiger charge is -2.20. The van der Waals surface area contributed by atoms with Crippen molar-refractivity contribution < 1.29 is 51.2 Å². The fourth-order valence-corrected chi connectivity index (χ4v) is 5.39. The van der Waals surface area contributed by atoms with Gasteiger partial charge in [0.2, 0.25) is 0 Å². The maximum atomic E-state index is 11.6. The lowest BCUT2D eigenvalue weighted by molar-refractivity contribution is 0.0438. The van der Waals surface area contributed by atoms with Crippen molar-refractivity contribution in [3.63, 3.8) is 0 Å². The number of phosphoric acid groups is 3. The van der Waals surface area contributed by atoms with Crippen LogP contribution in [-0.2, 0) is 31.6 Å². The Balaban J connectivity index is 2.59. The summed E-state index contributed by atoms with van der Waals surface area (Å²) in [6.45, 7) is 1.68. The van der Waals surface area contributed by atoms with Crippen molar-refractivity contribution in [1.82, 2.24) is 0 Å². The maximum absolute atomic E-state index is 11.6. The van der Waals surface area contributed by atoms with Crippen LogP contribution in [0.15, 0.2) is 0 Å². The second kappa shape index (κ2) is 7.51. The minimum absolute atomic E-state index is 0.192. The molecule has 22 heavy (non-hydrogen) atoms. The van der Waals surface area contributed by atoms with Crippen LogP contribution >= 0.6 is 23.5 Å². The van der Waals surface area contributed by atoms with E-state index in [1.165, 1.54) is 7.11 Å². The molecule has 5 unspecified atom stereocenters. The van der Waals surface area contributed by atoms with Crippen LogP contribution in [0, 0.1) is 11.8 Å². The summed E-state index contributed by atoms with van der Waals surface area (Å²) in [6, 6.07) is 0. The fraction of sp³-hybridized carbons (Fsp3) is 1.00. The van der Waals surface area contributed by atoms with Crippen molar-refractivity contribution in [2.45, 2.75) is 25.9 Å². The molecule has 0 aromatic rings. The van der Waals surface area contributed by atoms with E-state index in [9.17, 15) is 18.6 Å². The Kier molecular flexibility index (Phi) is 6.97. The monoisotopic (exact) mass is 384 g/mol. The van der Waals surface area contributed by atoms with E-state index in [0.29, 0.717) is 12.3 Å². The highest BCUT2D eigenvalue weighted by Gasteiger charge is 2.42. The van der Waals surface area contributed by atoms with Crippen LogP contribution in [0.2, 0.25) is 0 Å². The summed E-state index contributed by atoms with van der Waals surface area (Å²) >= 11 is 0. The Bertz CT molecular complexity index is 515. The topological polar surface area (TPSA) is 169 Å². The SMILES string of the molecule is COC1CC(C)CC1COP(=O)(O)OP(=O)(O)OP(=O)(O)O. The molecular weight excluding hydrogens is 365 g/mol. The molecule has 1 saturated carbocycles. The number of rotatable bonds is 8. The highest BCUT2D eigenvalue weighted by Crippen LogP contribution is 2.66. The quantitative estimate of drug-likeness (QED) is 0.446. The lowest BCUT2D eigenvalue weighted by atomic mass is 10.1. The van der Waals surface area contributed by atoms with Crippen LogP contribution in [0.1, 0.15) is 19.8 Å². The Morgan fingerprint density at radius 3 is 2.09 bits per heavy atom. The second-order valence-corrected chi connectivity index (χ2v) is 9.42.